The largest absolute Gasteiger partial charge is 0.459 e. The molecule has 2 atom stereocenters. The van der Waals surface area contributed by atoms with E-state index in [0.717, 1.165) is 37.9 Å². The average Bonchev–Trinajstić information content (AvgIpc) is 3.63. The van der Waals surface area contributed by atoms with E-state index in [1.807, 2.05) is 5.38 Å². The van der Waals surface area contributed by atoms with Crippen LogP contribution >= 0.6 is 22.9 Å². The van der Waals surface area contributed by atoms with Gasteiger partial charge in [0.2, 0.25) is 12.0 Å². The highest BCUT2D eigenvalue weighted by Gasteiger charge is 2.45. The van der Waals surface area contributed by atoms with E-state index in [4.69, 9.17) is 16.3 Å². The van der Waals surface area contributed by atoms with E-state index in [1.165, 1.54) is 52.5 Å². The summed E-state index contributed by atoms with van der Waals surface area (Å²) in [7, 11) is 0. The Morgan fingerprint density at radius 1 is 1.21 bits per heavy atom. The molecule has 1 spiro atoms. The van der Waals surface area contributed by atoms with Gasteiger partial charge in [0.05, 0.1) is 16.9 Å². The van der Waals surface area contributed by atoms with Gasteiger partial charge in [-0.15, -0.1) is 11.3 Å². The standard InChI is InChI=1S/C27H25ClF3N5OS/c1-16-6-11-36(35-16)21-12-18(28)2-3-19(21)24(27(29,30)31)37-25-23-22(33-15-34-25)20(13-38-23)17-4-7-26(8-5-17)9-10-32-14-26/h2-4,6,11-13,15,24,32H,5,7-10,14H2,1H3/t24-,26?/m1/s1. The van der Waals surface area contributed by atoms with Crippen LogP contribution in [-0.4, -0.2) is 39.0 Å². The molecular weight excluding hydrogens is 535 g/mol. The molecule has 0 amide bonds. The number of aryl methyl sites for hydroxylation is 1. The Kier molecular flexibility index (Phi) is 6.44. The average molecular weight is 560 g/mol. The summed E-state index contributed by atoms with van der Waals surface area (Å²) in [5, 5.41) is 9.99. The van der Waals surface area contributed by atoms with E-state index >= 15 is 0 Å². The zero-order valence-corrected chi connectivity index (χ0v) is 22.1. The monoisotopic (exact) mass is 559 g/mol. The highest BCUT2D eigenvalue weighted by molar-refractivity contribution is 7.17. The predicted octanol–water partition coefficient (Wildman–Crippen LogP) is 7.07. The zero-order valence-electron chi connectivity index (χ0n) is 20.6. The number of rotatable bonds is 5. The Hall–Kier alpha value is -2.95. The number of aromatic nitrogens is 4. The van der Waals surface area contributed by atoms with Crippen molar-refractivity contribution in [2.75, 3.05) is 13.1 Å². The van der Waals surface area contributed by atoms with Crippen molar-refractivity contribution in [3.8, 4) is 11.6 Å². The fourth-order valence-electron chi connectivity index (χ4n) is 5.42. The molecule has 1 fully saturated rings. The molecule has 2 aliphatic rings. The van der Waals surface area contributed by atoms with Crippen molar-refractivity contribution >= 4 is 38.7 Å². The first-order chi connectivity index (χ1) is 18.2. The van der Waals surface area contributed by atoms with Gasteiger partial charge in [-0.25, -0.2) is 14.6 Å². The molecule has 6 rings (SSSR count). The number of halogens is 4. The summed E-state index contributed by atoms with van der Waals surface area (Å²) in [4.78, 5) is 8.57. The fourth-order valence-corrected chi connectivity index (χ4v) is 6.56. The summed E-state index contributed by atoms with van der Waals surface area (Å²) in [6.07, 6.45) is 2.28. The summed E-state index contributed by atoms with van der Waals surface area (Å²) < 4.78 is 51.0. The Bertz CT molecular complexity index is 1520. The molecule has 1 N–H and O–H groups in total. The molecule has 3 aromatic heterocycles. The van der Waals surface area contributed by atoms with Crippen LogP contribution in [0.3, 0.4) is 0 Å². The maximum absolute atomic E-state index is 14.5. The number of benzene rings is 1. The van der Waals surface area contributed by atoms with Gasteiger partial charge in [-0.05, 0) is 68.3 Å². The van der Waals surface area contributed by atoms with Crippen molar-refractivity contribution < 1.29 is 17.9 Å². The third-order valence-corrected chi connectivity index (χ3v) is 8.67. The third-order valence-electron chi connectivity index (χ3n) is 7.48. The van der Waals surface area contributed by atoms with Gasteiger partial charge < -0.3 is 10.1 Å². The highest BCUT2D eigenvalue weighted by atomic mass is 35.5. The highest BCUT2D eigenvalue weighted by Crippen LogP contribution is 2.46. The normalized spacial score (nSPS) is 20.7. The lowest BCUT2D eigenvalue weighted by molar-refractivity contribution is -0.198. The number of fused-ring (bicyclic) bond motifs is 1. The predicted molar refractivity (Wildman–Crippen MR) is 142 cm³/mol. The Balaban J connectivity index is 1.37. The lowest BCUT2D eigenvalue weighted by atomic mass is 9.73. The summed E-state index contributed by atoms with van der Waals surface area (Å²) in [5.41, 5.74) is 3.80. The van der Waals surface area contributed by atoms with E-state index in [0.29, 0.717) is 26.3 Å². The van der Waals surface area contributed by atoms with E-state index in [1.54, 1.807) is 19.2 Å². The molecule has 1 aromatic carbocycles. The van der Waals surface area contributed by atoms with E-state index in [2.05, 4.69) is 26.5 Å². The van der Waals surface area contributed by atoms with Crippen molar-refractivity contribution in [1.82, 2.24) is 25.1 Å². The van der Waals surface area contributed by atoms with Crippen molar-refractivity contribution in [2.24, 2.45) is 5.41 Å². The minimum Gasteiger partial charge on any atom is -0.459 e. The summed E-state index contributed by atoms with van der Waals surface area (Å²) in [6, 6.07) is 5.90. The molecule has 38 heavy (non-hydrogen) atoms. The maximum Gasteiger partial charge on any atom is 0.429 e. The summed E-state index contributed by atoms with van der Waals surface area (Å²) in [6.45, 7) is 3.84. The first-order valence-electron chi connectivity index (χ1n) is 12.4. The third kappa shape index (κ3) is 4.69. The lowest BCUT2D eigenvalue weighted by Crippen LogP contribution is -2.27. The number of thiophene rings is 1. The van der Waals surface area contributed by atoms with Crippen LogP contribution in [0.25, 0.3) is 21.5 Å². The maximum atomic E-state index is 14.5. The molecule has 1 unspecified atom stereocenters. The first kappa shape index (κ1) is 25.3. The molecule has 4 aromatic rings. The van der Waals surface area contributed by atoms with Gasteiger partial charge in [0.25, 0.3) is 0 Å². The van der Waals surface area contributed by atoms with Crippen molar-refractivity contribution in [3.63, 3.8) is 0 Å². The molecule has 6 nitrogen and oxygen atoms in total. The van der Waals surface area contributed by atoms with Gasteiger partial charge in [0.15, 0.2) is 0 Å². The van der Waals surface area contributed by atoms with Crippen LogP contribution < -0.4 is 10.1 Å². The van der Waals surface area contributed by atoms with E-state index in [-0.39, 0.29) is 17.1 Å². The van der Waals surface area contributed by atoms with Crippen LogP contribution in [0.1, 0.15) is 48.6 Å². The van der Waals surface area contributed by atoms with Gasteiger partial charge in [-0.1, -0.05) is 23.7 Å². The number of hydrogen-bond donors (Lipinski definition) is 1. The molecule has 11 heteroatoms. The van der Waals surface area contributed by atoms with Gasteiger partial charge >= 0.3 is 6.18 Å². The molecular formula is C27H25ClF3N5OS. The van der Waals surface area contributed by atoms with Crippen molar-refractivity contribution in [3.05, 3.63) is 70.1 Å². The first-order valence-corrected chi connectivity index (χ1v) is 13.7. The number of ether oxygens (including phenoxy) is 1. The van der Waals surface area contributed by atoms with Crippen LogP contribution in [0.4, 0.5) is 13.2 Å². The fraction of sp³-hybridized carbons (Fsp3) is 0.370. The van der Waals surface area contributed by atoms with E-state index < -0.39 is 12.3 Å². The SMILES string of the molecule is Cc1ccn(-c2cc(Cl)ccc2[C@@H](Oc2ncnc3c(C4=CCC5(CCNC5)CC4)csc23)C(F)(F)F)n1. The Morgan fingerprint density at radius 3 is 2.76 bits per heavy atom. The van der Waals surface area contributed by atoms with Crippen LogP contribution in [0.5, 0.6) is 5.88 Å². The van der Waals surface area contributed by atoms with Crippen LogP contribution in [-0.2, 0) is 0 Å². The van der Waals surface area contributed by atoms with Gasteiger partial charge in [0.1, 0.15) is 11.0 Å². The van der Waals surface area contributed by atoms with Gasteiger partial charge in [-0.3, -0.25) is 0 Å². The summed E-state index contributed by atoms with van der Waals surface area (Å²) >= 11 is 7.46. The molecule has 0 bridgehead atoms. The van der Waals surface area contributed by atoms with Gasteiger partial charge in [-0.2, -0.15) is 18.3 Å². The number of nitrogens with one attached hydrogen (secondary N) is 1. The molecule has 1 saturated heterocycles. The van der Waals surface area contributed by atoms with Crippen LogP contribution in [0.2, 0.25) is 5.02 Å². The molecule has 0 radical (unpaired) electrons. The minimum absolute atomic E-state index is 0.0982. The molecule has 198 valence electrons. The van der Waals surface area contributed by atoms with Crippen molar-refractivity contribution in [1.29, 1.82) is 0 Å². The molecule has 1 aliphatic carbocycles. The van der Waals surface area contributed by atoms with E-state index in [9.17, 15) is 13.2 Å². The second kappa shape index (κ2) is 9.66. The summed E-state index contributed by atoms with van der Waals surface area (Å²) in [5.74, 6) is -0.0982. The Labute approximate surface area is 226 Å². The second-order valence-electron chi connectivity index (χ2n) is 10.0. The molecule has 1 aliphatic heterocycles. The van der Waals surface area contributed by atoms with Crippen LogP contribution in [0.15, 0.2) is 48.2 Å². The number of nitrogens with zero attached hydrogens (tertiary/aromatic N) is 4. The Morgan fingerprint density at radius 2 is 2.08 bits per heavy atom. The lowest BCUT2D eigenvalue weighted by Gasteiger charge is -2.31. The quantitative estimate of drug-likeness (QED) is 0.283. The van der Waals surface area contributed by atoms with Crippen molar-refractivity contribution in [2.45, 2.75) is 44.9 Å². The van der Waals surface area contributed by atoms with Gasteiger partial charge in [0, 0.05) is 34.3 Å². The number of hydrogen-bond acceptors (Lipinski definition) is 6. The molecule has 0 saturated carbocycles. The number of allylic oxidation sites excluding steroid dienone is 2. The second-order valence-corrected chi connectivity index (χ2v) is 11.3. The topological polar surface area (TPSA) is 64.9 Å². The van der Waals surface area contributed by atoms with Crippen LogP contribution in [0, 0.1) is 12.3 Å². The minimum atomic E-state index is -4.72. The number of alkyl halides is 3. The molecule has 4 heterocycles. The zero-order chi connectivity index (χ0) is 26.5. The smallest absolute Gasteiger partial charge is 0.429 e.